The molecule has 5 heteroatoms. The van der Waals surface area contributed by atoms with Crippen molar-refractivity contribution >= 4 is 11.6 Å². The molecule has 0 aliphatic rings. The highest BCUT2D eigenvalue weighted by atomic mass is 19.1. The Morgan fingerprint density at radius 1 is 1.56 bits per heavy atom. The minimum atomic E-state index is -0.463. The molecule has 0 aliphatic carbocycles. The number of nitrogens with two attached hydrogens (primary N) is 1. The first kappa shape index (κ1) is 12.4. The summed E-state index contributed by atoms with van der Waals surface area (Å²) in [6, 6.07) is 4.07. The van der Waals surface area contributed by atoms with Crippen LogP contribution in [0, 0.1) is 5.82 Å². The Kier molecular flexibility index (Phi) is 4.25. The van der Waals surface area contributed by atoms with Gasteiger partial charge in [-0.3, -0.25) is 4.79 Å². The molecule has 1 aromatic carbocycles. The van der Waals surface area contributed by atoms with Crippen LogP contribution in [0.5, 0.6) is 0 Å². The van der Waals surface area contributed by atoms with E-state index in [1.54, 1.807) is 4.90 Å². The predicted octanol–water partition coefficient (Wildman–Crippen LogP) is 0.630. The molecule has 0 spiro atoms. The number of likely N-dealkylation sites (N-methyl/N-ethyl adjacent to an activating group) is 1. The number of amides is 1. The number of benzene rings is 1. The molecule has 1 amide bonds. The van der Waals surface area contributed by atoms with E-state index in [2.05, 4.69) is 0 Å². The van der Waals surface area contributed by atoms with Crippen LogP contribution in [-0.4, -0.2) is 24.1 Å². The standard InChI is InChI=1S/C11H15FN2O2/c1-2-14(6-11(13)16)10-4-3-9(12)5-8(10)7-15/h3-5,15H,2,6-7H2,1H3,(H2,13,16). The molecule has 0 fully saturated rings. The molecule has 0 saturated heterocycles. The summed E-state index contributed by atoms with van der Waals surface area (Å²) in [6.07, 6.45) is 0. The van der Waals surface area contributed by atoms with Gasteiger partial charge in [-0.15, -0.1) is 0 Å². The van der Waals surface area contributed by atoms with Gasteiger partial charge < -0.3 is 15.7 Å². The van der Waals surface area contributed by atoms with Crippen molar-refractivity contribution in [1.82, 2.24) is 0 Å². The first-order valence-corrected chi connectivity index (χ1v) is 5.01. The number of primary amides is 1. The number of hydrogen-bond acceptors (Lipinski definition) is 3. The fourth-order valence-electron chi connectivity index (χ4n) is 1.54. The van der Waals surface area contributed by atoms with Gasteiger partial charge in [0.25, 0.3) is 0 Å². The van der Waals surface area contributed by atoms with Crippen LogP contribution < -0.4 is 10.6 Å². The highest BCUT2D eigenvalue weighted by Crippen LogP contribution is 2.21. The highest BCUT2D eigenvalue weighted by molar-refractivity contribution is 5.79. The summed E-state index contributed by atoms with van der Waals surface area (Å²) in [5.41, 5.74) is 6.19. The number of aliphatic hydroxyl groups is 1. The van der Waals surface area contributed by atoms with Crippen LogP contribution >= 0.6 is 0 Å². The lowest BCUT2D eigenvalue weighted by atomic mass is 10.1. The number of rotatable bonds is 5. The van der Waals surface area contributed by atoms with E-state index in [1.165, 1.54) is 18.2 Å². The largest absolute Gasteiger partial charge is 0.392 e. The van der Waals surface area contributed by atoms with E-state index in [1.807, 2.05) is 6.92 Å². The summed E-state index contributed by atoms with van der Waals surface area (Å²) < 4.78 is 12.9. The Hall–Kier alpha value is -1.62. The SMILES string of the molecule is CCN(CC(N)=O)c1ccc(F)cc1CO. The van der Waals surface area contributed by atoms with Gasteiger partial charge >= 0.3 is 0 Å². The molecule has 0 unspecified atom stereocenters. The maximum Gasteiger partial charge on any atom is 0.236 e. The van der Waals surface area contributed by atoms with Gasteiger partial charge in [-0.05, 0) is 25.1 Å². The van der Waals surface area contributed by atoms with E-state index in [-0.39, 0.29) is 13.2 Å². The molecule has 3 N–H and O–H groups in total. The summed E-state index contributed by atoms with van der Waals surface area (Å²) >= 11 is 0. The zero-order chi connectivity index (χ0) is 12.1. The first-order valence-electron chi connectivity index (χ1n) is 5.01. The zero-order valence-corrected chi connectivity index (χ0v) is 9.11. The van der Waals surface area contributed by atoms with E-state index in [4.69, 9.17) is 10.8 Å². The third-order valence-corrected chi connectivity index (χ3v) is 2.28. The monoisotopic (exact) mass is 226 g/mol. The third-order valence-electron chi connectivity index (χ3n) is 2.28. The van der Waals surface area contributed by atoms with Crippen LogP contribution in [0.15, 0.2) is 18.2 Å². The highest BCUT2D eigenvalue weighted by Gasteiger charge is 2.12. The van der Waals surface area contributed by atoms with Crippen molar-refractivity contribution in [3.05, 3.63) is 29.6 Å². The summed E-state index contributed by atoms with van der Waals surface area (Å²) in [4.78, 5) is 12.5. The van der Waals surface area contributed by atoms with E-state index in [0.29, 0.717) is 17.8 Å². The van der Waals surface area contributed by atoms with Gasteiger partial charge in [-0.1, -0.05) is 0 Å². The number of hydrogen-bond donors (Lipinski definition) is 2. The maximum atomic E-state index is 12.9. The van der Waals surface area contributed by atoms with E-state index < -0.39 is 11.7 Å². The van der Waals surface area contributed by atoms with Crippen LogP contribution in [0.2, 0.25) is 0 Å². The average Bonchev–Trinajstić information content (AvgIpc) is 2.25. The second-order valence-corrected chi connectivity index (χ2v) is 3.41. The Morgan fingerprint density at radius 2 is 2.25 bits per heavy atom. The smallest absolute Gasteiger partial charge is 0.236 e. The fourth-order valence-corrected chi connectivity index (χ4v) is 1.54. The molecule has 0 radical (unpaired) electrons. The molecule has 16 heavy (non-hydrogen) atoms. The number of anilines is 1. The van der Waals surface area contributed by atoms with Gasteiger partial charge in [0.2, 0.25) is 5.91 Å². The average molecular weight is 226 g/mol. The van der Waals surface area contributed by atoms with E-state index in [0.717, 1.165) is 0 Å². The zero-order valence-electron chi connectivity index (χ0n) is 9.11. The molecule has 0 saturated carbocycles. The Morgan fingerprint density at radius 3 is 2.75 bits per heavy atom. The van der Waals surface area contributed by atoms with Crippen LogP contribution in [0.1, 0.15) is 12.5 Å². The fraction of sp³-hybridized carbons (Fsp3) is 0.364. The number of halogens is 1. The van der Waals surface area contributed by atoms with Crippen LogP contribution in [0.3, 0.4) is 0 Å². The molecule has 0 bridgehead atoms. The molecule has 4 nitrogen and oxygen atoms in total. The van der Waals surface area contributed by atoms with Crippen molar-refractivity contribution in [3.8, 4) is 0 Å². The molecule has 88 valence electrons. The van der Waals surface area contributed by atoms with Crippen molar-refractivity contribution in [2.45, 2.75) is 13.5 Å². The molecule has 0 aromatic heterocycles. The molecule has 1 aromatic rings. The number of carbonyl (C=O) groups excluding carboxylic acids is 1. The minimum absolute atomic E-state index is 0.0507. The minimum Gasteiger partial charge on any atom is -0.392 e. The maximum absolute atomic E-state index is 12.9. The number of aliphatic hydroxyl groups excluding tert-OH is 1. The van der Waals surface area contributed by atoms with Crippen molar-refractivity contribution < 1.29 is 14.3 Å². The molecule has 0 aliphatic heterocycles. The Balaban J connectivity index is 3.03. The predicted molar refractivity (Wildman–Crippen MR) is 59.4 cm³/mol. The van der Waals surface area contributed by atoms with E-state index >= 15 is 0 Å². The van der Waals surface area contributed by atoms with Crippen molar-refractivity contribution in [3.63, 3.8) is 0 Å². The Labute approximate surface area is 93.5 Å². The van der Waals surface area contributed by atoms with Crippen molar-refractivity contribution in [1.29, 1.82) is 0 Å². The second kappa shape index (κ2) is 5.46. The van der Waals surface area contributed by atoms with Gasteiger partial charge in [-0.2, -0.15) is 0 Å². The van der Waals surface area contributed by atoms with Gasteiger partial charge in [-0.25, -0.2) is 4.39 Å². The van der Waals surface area contributed by atoms with E-state index in [9.17, 15) is 9.18 Å². The number of nitrogens with zero attached hydrogens (tertiary/aromatic N) is 1. The quantitative estimate of drug-likeness (QED) is 0.773. The lowest BCUT2D eigenvalue weighted by Crippen LogP contribution is -2.34. The summed E-state index contributed by atoms with van der Waals surface area (Å²) in [5.74, 6) is -0.877. The second-order valence-electron chi connectivity index (χ2n) is 3.41. The van der Waals surface area contributed by atoms with Gasteiger partial charge in [0.1, 0.15) is 5.82 Å². The van der Waals surface area contributed by atoms with Crippen molar-refractivity contribution in [2.24, 2.45) is 5.73 Å². The summed E-state index contributed by atoms with van der Waals surface area (Å²) in [6.45, 7) is 2.19. The van der Waals surface area contributed by atoms with Gasteiger partial charge in [0.15, 0.2) is 0 Å². The Bertz CT molecular complexity index is 382. The molecular weight excluding hydrogens is 211 g/mol. The third kappa shape index (κ3) is 2.93. The van der Waals surface area contributed by atoms with Crippen LogP contribution in [0.4, 0.5) is 10.1 Å². The van der Waals surface area contributed by atoms with Gasteiger partial charge in [0, 0.05) is 17.8 Å². The van der Waals surface area contributed by atoms with Crippen LogP contribution in [0.25, 0.3) is 0 Å². The topological polar surface area (TPSA) is 66.6 Å². The molecule has 0 heterocycles. The first-order chi connectivity index (χ1) is 7.58. The number of carbonyl (C=O) groups is 1. The normalized spacial score (nSPS) is 10.2. The molecule has 1 rings (SSSR count). The summed E-state index contributed by atoms with van der Waals surface area (Å²) in [5, 5.41) is 9.11. The lowest BCUT2D eigenvalue weighted by Gasteiger charge is -2.23. The van der Waals surface area contributed by atoms with Gasteiger partial charge in [0.05, 0.1) is 13.2 Å². The van der Waals surface area contributed by atoms with Crippen molar-refractivity contribution in [2.75, 3.05) is 18.0 Å². The lowest BCUT2D eigenvalue weighted by molar-refractivity contribution is -0.116. The van der Waals surface area contributed by atoms with Crippen LogP contribution in [-0.2, 0) is 11.4 Å². The molecule has 0 atom stereocenters. The summed E-state index contributed by atoms with van der Waals surface area (Å²) in [7, 11) is 0. The molecular formula is C11H15FN2O2.